The van der Waals surface area contributed by atoms with Crippen LogP contribution in [0.15, 0.2) is 12.7 Å². The van der Waals surface area contributed by atoms with Crippen LogP contribution in [-0.2, 0) is 4.79 Å². The molecule has 1 atom stereocenters. The molecular formula is C8H14F2N2O2. The number of aliphatic hydroxyl groups excluding tert-OH is 1. The predicted octanol–water partition coefficient (Wildman–Crippen LogP) is -0.366. The maximum absolute atomic E-state index is 12.4. The number of aliphatic hydroxyl groups is 1. The van der Waals surface area contributed by atoms with E-state index in [-0.39, 0.29) is 6.42 Å². The summed E-state index contributed by atoms with van der Waals surface area (Å²) in [6.45, 7) is 1.15. The first-order valence-corrected chi connectivity index (χ1v) is 4.06. The first-order valence-electron chi connectivity index (χ1n) is 4.06. The van der Waals surface area contributed by atoms with E-state index in [1.165, 1.54) is 6.08 Å². The van der Waals surface area contributed by atoms with Gasteiger partial charge in [0.15, 0.2) is 0 Å². The van der Waals surface area contributed by atoms with Crippen molar-refractivity contribution in [2.24, 2.45) is 5.73 Å². The van der Waals surface area contributed by atoms with Crippen molar-refractivity contribution in [1.82, 2.24) is 5.32 Å². The highest BCUT2D eigenvalue weighted by atomic mass is 19.3. The number of nitrogens with one attached hydrogen (secondary N) is 1. The molecule has 6 heteroatoms. The number of rotatable bonds is 6. The van der Waals surface area contributed by atoms with Crippen LogP contribution in [0.25, 0.3) is 0 Å². The number of halogens is 2. The summed E-state index contributed by atoms with van der Waals surface area (Å²) in [6.07, 6.45) is 1.64. The summed E-state index contributed by atoms with van der Waals surface area (Å²) in [5, 5.41) is 10.1. The third kappa shape index (κ3) is 4.88. The normalized spacial score (nSPS) is 13.4. The highest BCUT2D eigenvalue weighted by Gasteiger charge is 2.28. The van der Waals surface area contributed by atoms with E-state index >= 15 is 0 Å². The van der Waals surface area contributed by atoms with Crippen LogP contribution in [0.1, 0.15) is 6.42 Å². The van der Waals surface area contributed by atoms with E-state index in [0.29, 0.717) is 0 Å². The topological polar surface area (TPSA) is 75.4 Å². The van der Waals surface area contributed by atoms with E-state index in [1.54, 1.807) is 0 Å². The molecule has 1 unspecified atom stereocenters. The second kappa shape index (κ2) is 5.66. The van der Waals surface area contributed by atoms with Crippen molar-refractivity contribution < 1.29 is 18.7 Å². The quantitative estimate of drug-likeness (QED) is 0.521. The van der Waals surface area contributed by atoms with Crippen LogP contribution in [0.2, 0.25) is 0 Å². The van der Waals surface area contributed by atoms with Gasteiger partial charge in [0.1, 0.15) is 6.61 Å². The second-order valence-corrected chi connectivity index (χ2v) is 2.86. The lowest BCUT2D eigenvalue weighted by molar-refractivity contribution is -0.125. The molecule has 0 aliphatic heterocycles. The van der Waals surface area contributed by atoms with Gasteiger partial charge in [-0.2, -0.15) is 0 Å². The van der Waals surface area contributed by atoms with Crippen molar-refractivity contribution >= 4 is 5.91 Å². The minimum absolute atomic E-state index is 0.219. The number of hydrogen-bond acceptors (Lipinski definition) is 3. The second-order valence-electron chi connectivity index (χ2n) is 2.86. The van der Waals surface area contributed by atoms with Crippen molar-refractivity contribution in [1.29, 1.82) is 0 Å². The van der Waals surface area contributed by atoms with Gasteiger partial charge in [-0.05, 0) is 6.42 Å². The third-order valence-electron chi connectivity index (χ3n) is 1.51. The SMILES string of the molecule is C=CCC(N)C(=O)NCC(F)(F)CO. The number of nitrogens with two attached hydrogens (primary N) is 1. The Bertz CT molecular complexity index is 210. The number of hydrogen-bond donors (Lipinski definition) is 3. The first-order chi connectivity index (χ1) is 6.43. The molecule has 0 saturated carbocycles. The van der Waals surface area contributed by atoms with Gasteiger partial charge < -0.3 is 16.2 Å². The van der Waals surface area contributed by atoms with Gasteiger partial charge in [0.25, 0.3) is 5.92 Å². The van der Waals surface area contributed by atoms with Gasteiger partial charge in [-0.3, -0.25) is 4.79 Å². The minimum atomic E-state index is -3.30. The van der Waals surface area contributed by atoms with Crippen LogP contribution in [0, 0.1) is 0 Å². The zero-order chi connectivity index (χ0) is 11.2. The van der Waals surface area contributed by atoms with Gasteiger partial charge in [0.2, 0.25) is 5.91 Å². The van der Waals surface area contributed by atoms with Crippen molar-refractivity contribution in [3.05, 3.63) is 12.7 Å². The fourth-order valence-corrected chi connectivity index (χ4v) is 0.690. The number of carbonyl (C=O) groups is 1. The van der Waals surface area contributed by atoms with E-state index in [2.05, 4.69) is 6.58 Å². The molecule has 0 saturated heterocycles. The molecule has 0 aromatic heterocycles. The van der Waals surface area contributed by atoms with Gasteiger partial charge in [-0.15, -0.1) is 6.58 Å². The molecule has 0 fully saturated rings. The standard InChI is InChI=1S/C8H14F2N2O2/c1-2-3-6(11)7(14)12-4-8(9,10)5-13/h2,6,13H,1,3-5,11H2,(H,12,14). The third-order valence-corrected chi connectivity index (χ3v) is 1.51. The molecule has 4 nitrogen and oxygen atoms in total. The Morgan fingerprint density at radius 1 is 1.71 bits per heavy atom. The van der Waals surface area contributed by atoms with Crippen molar-refractivity contribution in [3.8, 4) is 0 Å². The molecule has 0 aliphatic carbocycles. The molecule has 0 bridgehead atoms. The van der Waals surface area contributed by atoms with Crippen molar-refractivity contribution in [2.45, 2.75) is 18.4 Å². The zero-order valence-corrected chi connectivity index (χ0v) is 7.67. The predicted molar refractivity (Wildman–Crippen MR) is 47.8 cm³/mol. The van der Waals surface area contributed by atoms with Gasteiger partial charge in [-0.1, -0.05) is 6.08 Å². The summed E-state index contributed by atoms with van der Waals surface area (Å²) >= 11 is 0. The number of amides is 1. The maximum Gasteiger partial charge on any atom is 0.287 e. The van der Waals surface area contributed by atoms with Gasteiger partial charge in [0.05, 0.1) is 12.6 Å². The van der Waals surface area contributed by atoms with Crippen LogP contribution in [0.4, 0.5) is 8.78 Å². The molecular weight excluding hydrogens is 194 g/mol. The first kappa shape index (κ1) is 13.0. The van der Waals surface area contributed by atoms with Crippen LogP contribution in [0.3, 0.4) is 0 Å². The summed E-state index contributed by atoms with van der Waals surface area (Å²) in [5.41, 5.74) is 5.31. The van der Waals surface area contributed by atoms with E-state index < -0.39 is 31.0 Å². The summed E-state index contributed by atoms with van der Waals surface area (Å²) in [4.78, 5) is 11.0. The monoisotopic (exact) mass is 208 g/mol. The fourth-order valence-electron chi connectivity index (χ4n) is 0.690. The van der Waals surface area contributed by atoms with E-state index in [1.807, 2.05) is 5.32 Å². The molecule has 0 rings (SSSR count). The van der Waals surface area contributed by atoms with Crippen LogP contribution in [0.5, 0.6) is 0 Å². The van der Waals surface area contributed by atoms with E-state index in [9.17, 15) is 13.6 Å². The van der Waals surface area contributed by atoms with E-state index in [0.717, 1.165) is 0 Å². The fraction of sp³-hybridized carbons (Fsp3) is 0.625. The molecule has 0 aliphatic rings. The lowest BCUT2D eigenvalue weighted by Crippen LogP contribution is -2.46. The highest BCUT2D eigenvalue weighted by molar-refractivity contribution is 5.81. The Labute approximate surface area is 80.8 Å². The molecule has 1 amide bonds. The Hall–Kier alpha value is -1.01. The molecule has 0 heterocycles. The molecule has 82 valence electrons. The van der Waals surface area contributed by atoms with Crippen molar-refractivity contribution in [2.75, 3.05) is 13.2 Å². The molecule has 14 heavy (non-hydrogen) atoms. The van der Waals surface area contributed by atoms with Gasteiger partial charge in [0, 0.05) is 0 Å². The number of carbonyl (C=O) groups excluding carboxylic acids is 1. The van der Waals surface area contributed by atoms with Crippen LogP contribution < -0.4 is 11.1 Å². The smallest absolute Gasteiger partial charge is 0.287 e. The molecule has 0 aromatic carbocycles. The Kier molecular flexibility index (Phi) is 5.26. The molecule has 0 spiro atoms. The lowest BCUT2D eigenvalue weighted by atomic mass is 10.2. The Morgan fingerprint density at radius 3 is 2.71 bits per heavy atom. The summed E-state index contributed by atoms with van der Waals surface area (Å²) < 4.78 is 24.9. The van der Waals surface area contributed by atoms with Crippen LogP contribution in [-0.4, -0.2) is 36.1 Å². The summed E-state index contributed by atoms with van der Waals surface area (Å²) in [7, 11) is 0. The molecule has 0 aromatic rings. The average molecular weight is 208 g/mol. The molecule has 4 N–H and O–H groups in total. The Morgan fingerprint density at radius 2 is 2.29 bits per heavy atom. The molecule has 0 radical (unpaired) electrons. The maximum atomic E-state index is 12.4. The average Bonchev–Trinajstić information content (AvgIpc) is 2.15. The largest absolute Gasteiger partial charge is 0.390 e. The van der Waals surface area contributed by atoms with Gasteiger partial charge in [-0.25, -0.2) is 8.78 Å². The van der Waals surface area contributed by atoms with Crippen LogP contribution >= 0.6 is 0 Å². The summed E-state index contributed by atoms with van der Waals surface area (Å²) in [5.74, 6) is -3.98. The highest BCUT2D eigenvalue weighted by Crippen LogP contribution is 2.09. The van der Waals surface area contributed by atoms with Crippen molar-refractivity contribution in [3.63, 3.8) is 0 Å². The number of alkyl halides is 2. The lowest BCUT2D eigenvalue weighted by Gasteiger charge is -2.15. The van der Waals surface area contributed by atoms with E-state index in [4.69, 9.17) is 10.8 Å². The minimum Gasteiger partial charge on any atom is -0.390 e. The van der Waals surface area contributed by atoms with Gasteiger partial charge >= 0.3 is 0 Å². The Balaban J connectivity index is 3.90. The zero-order valence-electron chi connectivity index (χ0n) is 7.67. The summed E-state index contributed by atoms with van der Waals surface area (Å²) in [6, 6.07) is -0.873.